The van der Waals surface area contributed by atoms with E-state index in [4.69, 9.17) is 14.2 Å². The van der Waals surface area contributed by atoms with Crippen molar-refractivity contribution in [2.24, 2.45) is 0 Å². The monoisotopic (exact) mass is 465 g/mol. The number of ether oxygens (including phenoxy) is 3. The van der Waals surface area contributed by atoms with Crippen LogP contribution in [0.25, 0.3) is 5.69 Å². The molecule has 3 rings (SSSR count). The smallest absolute Gasteiger partial charge is 0.362 e. The van der Waals surface area contributed by atoms with Gasteiger partial charge in [0.2, 0.25) is 5.69 Å². The van der Waals surface area contributed by atoms with Crippen LogP contribution in [0.15, 0.2) is 65.5 Å². The summed E-state index contributed by atoms with van der Waals surface area (Å²) >= 11 is 0. The molecule has 34 heavy (non-hydrogen) atoms. The van der Waals surface area contributed by atoms with E-state index in [0.29, 0.717) is 5.69 Å². The van der Waals surface area contributed by atoms with Gasteiger partial charge in [-0.3, -0.25) is 9.59 Å². The van der Waals surface area contributed by atoms with Gasteiger partial charge in [-0.15, -0.1) is 0 Å². The van der Waals surface area contributed by atoms with E-state index < -0.39 is 30.0 Å². The molecule has 0 unspecified atom stereocenters. The molecule has 0 fully saturated rings. The third-order valence-corrected chi connectivity index (χ3v) is 4.42. The Kier molecular flexibility index (Phi) is 8.11. The number of hydrogen-bond donors (Lipinski definition) is 1. The van der Waals surface area contributed by atoms with Crippen molar-refractivity contribution in [2.45, 2.75) is 13.8 Å². The van der Waals surface area contributed by atoms with Crippen LogP contribution in [0.1, 0.15) is 34.7 Å². The van der Waals surface area contributed by atoms with Gasteiger partial charge in [0.25, 0.3) is 11.5 Å². The third kappa shape index (κ3) is 5.85. The van der Waals surface area contributed by atoms with Gasteiger partial charge < -0.3 is 19.5 Å². The standard InChI is InChI=1S/C24H23N3O7/c1-3-32-23(30)17-12-8-9-13-18(17)25-20(28)15-34-19-14-21(29)27(16-10-6-5-7-11-16)26-22(19)24(31)33-4-2/h5-14H,3-4,15H2,1-2H3,(H,25,28). The molecule has 0 atom stereocenters. The maximum Gasteiger partial charge on any atom is 0.362 e. The van der Waals surface area contributed by atoms with Crippen molar-refractivity contribution < 1.29 is 28.6 Å². The summed E-state index contributed by atoms with van der Waals surface area (Å²) in [5.41, 5.74) is 0.0278. The highest BCUT2D eigenvalue weighted by Crippen LogP contribution is 2.18. The topological polar surface area (TPSA) is 126 Å². The van der Waals surface area contributed by atoms with Gasteiger partial charge in [0.05, 0.1) is 36.2 Å². The molecule has 3 aromatic rings. The van der Waals surface area contributed by atoms with E-state index >= 15 is 0 Å². The molecule has 0 saturated carbocycles. The Bertz CT molecular complexity index is 1240. The molecule has 1 aromatic heterocycles. The summed E-state index contributed by atoms with van der Waals surface area (Å²) in [6, 6.07) is 15.9. The molecule has 176 valence electrons. The molecule has 1 heterocycles. The van der Waals surface area contributed by atoms with Crippen molar-refractivity contribution in [3.8, 4) is 11.4 Å². The van der Waals surface area contributed by atoms with Gasteiger partial charge in [0.1, 0.15) is 0 Å². The highest BCUT2D eigenvalue weighted by molar-refractivity contribution is 6.01. The number of amides is 1. The van der Waals surface area contributed by atoms with E-state index in [-0.39, 0.29) is 35.9 Å². The van der Waals surface area contributed by atoms with Crippen LogP contribution in [0.2, 0.25) is 0 Å². The SMILES string of the molecule is CCOC(=O)c1ccccc1NC(=O)COc1cc(=O)n(-c2ccccc2)nc1C(=O)OCC. The number of carbonyl (C=O) groups is 3. The van der Waals surface area contributed by atoms with Crippen LogP contribution in [0.4, 0.5) is 5.69 Å². The second-order valence-corrected chi connectivity index (χ2v) is 6.77. The predicted molar refractivity (Wildman–Crippen MR) is 122 cm³/mol. The molecule has 1 amide bonds. The summed E-state index contributed by atoms with van der Waals surface area (Å²) in [4.78, 5) is 49.6. The van der Waals surface area contributed by atoms with Crippen LogP contribution >= 0.6 is 0 Å². The Morgan fingerprint density at radius 2 is 1.56 bits per heavy atom. The predicted octanol–water partition coefficient (Wildman–Crippen LogP) is 2.60. The van der Waals surface area contributed by atoms with E-state index in [9.17, 15) is 19.2 Å². The quantitative estimate of drug-likeness (QED) is 0.478. The van der Waals surface area contributed by atoms with Crippen LogP contribution in [0, 0.1) is 0 Å². The number of rotatable bonds is 9. The van der Waals surface area contributed by atoms with E-state index in [0.717, 1.165) is 10.7 Å². The summed E-state index contributed by atoms with van der Waals surface area (Å²) < 4.78 is 16.5. The zero-order valence-electron chi connectivity index (χ0n) is 18.6. The fourth-order valence-electron chi connectivity index (χ4n) is 2.95. The molecule has 10 nitrogen and oxygen atoms in total. The number of aromatic nitrogens is 2. The van der Waals surface area contributed by atoms with Crippen molar-refractivity contribution in [3.05, 3.63) is 82.3 Å². The number of benzene rings is 2. The fraction of sp³-hybridized carbons (Fsp3) is 0.208. The summed E-state index contributed by atoms with van der Waals surface area (Å²) in [6.45, 7) is 3.01. The van der Waals surface area contributed by atoms with Crippen LogP contribution in [0.5, 0.6) is 5.75 Å². The van der Waals surface area contributed by atoms with Crippen molar-refractivity contribution in [1.29, 1.82) is 0 Å². The second kappa shape index (κ2) is 11.4. The first kappa shape index (κ1) is 24.2. The average Bonchev–Trinajstić information content (AvgIpc) is 2.84. The van der Waals surface area contributed by atoms with Gasteiger partial charge >= 0.3 is 11.9 Å². The summed E-state index contributed by atoms with van der Waals surface area (Å²) in [7, 11) is 0. The molecule has 0 aliphatic carbocycles. The van der Waals surface area contributed by atoms with E-state index in [1.807, 2.05) is 0 Å². The van der Waals surface area contributed by atoms with Crippen LogP contribution in [0.3, 0.4) is 0 Å². The molecule has 0 radical (unpaired) electrons. The first-order valence-electron chi connectivity index (χ1n) is 10.5. The van der Waals surface area contributed by atoms with Gasteiger partial charge in [-0.1, -0.05) is 30.3 Å². The Morgan fingerprint density at radius 3 is 2.26 bits per heavy atom. The number of nitrogens with zero attached hydrogens (tertiary/aromatic N) is 2. The number of para-hydroxylation sites is 2. The van der Waals surface area contributed by atoms with Crippen LogP contribution in [-0.2, 0) is 14.3 Å². The van der Waals surface area contributed by atoms with Crippen molar-refractivity contribution in [3.63, 3.8) is 0 Å². The fourth-order valence-corrected chi connectivity index (χ4v) is 2.95. The number of nitrogens with one attached hydrogen (secondary N) is 1. The zero-order valence-corrected chi connectivity index (χ0v) is 18.6. The first-order valence-corrected chi connectivity index (χ1v) is 10.5. The molecule has 2 aromatic carbocycles. The summed E-state index contributed by atoms with van der Waals surface area (Å²) in [5, 5.41) is 6.65. The summed E-state index contributed by atoms with van der Waals surface area (Å²) in [6.07, 6.45) is 0. The lowest BCUT2D eigenvalue weighted by Gasteiger charge is -2.13. The normalized spacial score (nSPS) is 10.3. The highest BCUT2D eigenvalue weighted by atomic mass is 16.5. The minimum absolute atomic E-state index is 0.0789. The number of hydrogen-bond acceptors (Lipinski definition) is 8. The zero-order chi connectivity index (χ0) is 24.5. The maximum absolute atomic E-state index is 12.6. The molecule has 0 aliphatic rings. The van der Waals surface area contributed by atoms with Crippen LogP contribution < -0.4 is 15.6 Å². The lowest BCUT2D eigenvalue weighted by Crippen LogP contribution is -2.27. The van der Waals surface area contributed by atoms with Gasteiger partial charge in [-0.05, 0) is 38.1 Å². The van der Waals surface area contributed by atoms with E-state index in [1.165, 1.54) is 12.1 Å². The molecule has 0 saturated heterocycles. The highest BCUT2D eigenvalue weighted by Gasteiger charge is 2.21. The average molecular weight is 465 g/mol. The third-order valence-electron chi connectivity index (χ3n) is 4.42. The first-order chi connectivity index (χ1) is 16.4. The van der Waals surface area contributed by atoms with Crippen molar-refractivity contribution >= 4 is 23.5 Å². The molecule has 0 bridgehead atoms. The van der Waals surface area contributed by atoms with Crippen molar-refractivity contribution in [2.75, 3.05) is 25.1 Å². The minimum Gasteiger partial charge on any atom is -0.481 e. The Morgan fingerprint density at radius 1 is 0.912 bits per heavy atom. The second-order valence-electron chi connectivity index (χ2n) is 6.77. The number of carbonyl (C=O) groups excluding carboxylic acids is 3. The maximum atomic E-state index is 12.6. The van der Waals surface area contributed by atoms with Gasteiger partial charge in [-0.25, -0.2) is 9.59 Å². The van der Waals surface area contributed by atoms with Gasteiger partial charge in [-0.2, -0.15) is 9.78 Å². The molecule has 10 heteroatoms. The lowest BCUT2D eigenvalue weighted by molar-refractivity contribution is -0.118. The van der Waals surface area contributed by atoms with E-state index in [2.05, 4.69) is 10.4 Å². The Balaban J connectivity index is 1.82. The summed E-state index contributed by atoms with van der Waals surface area (Å²) in [5.74, 6) is -2.23. The molecule has 1 N–H and O–H groups in total. The van der Waals surface area contributed by atoms with Crippen LogP contribution in [-0.4, -0.2) is 47.4 Å². The van der Waals surface area contributed by atoms with Gasteiger partial charge in [0.15, 0.2) is 12.4 Å². The van der Waals surface area contributed by atoms with Crippen molar-refractivity contribution in [1.82, 2.24) is 9.78 Å². The molecule has 0 spiro atoms. The largest absolute Gasteiger partial charge is 0.481 e. The van der Waals surface area contributed by atoms with E-state index in [1.54, 1.807) is 56.3 Å². The molecular weight excluding hydrogens is 442 g/mol. The number of anilines is 1. The molecule has 0 aliphatic heterocycles. The Hall–Kier alpha value is -4.47. The molecular formula is C24H23N3O7. The Labute approximate surface area is 195 Å². The minimum atomic E-state index is -0.810. The lowest BCUT2D eigenvalue weighted by atomic mass is 10.2. The van der Waals surface area contributed by atoms with Gasteiger partial charge in [0, 0.05) is 0 Å². The number of esters is 2.